The summed E-state index contributed by atoms with van der Waals surface area (Å²) in [4.78, 5) is 49.0. The third kappa shape index (κ3) is 6.33. The van der Waals surface area contributed by atoms with Crippen LogP contribution in [0, 0.1) is 0 Å². The summed E-state index contributed by atoms with van der Waals surface area (Å²) in [6, 6.07) is 7.59. The number of piperidine rings is 1. The first-order chi connectivity index (χ1) is 12.4. The van der Waals surface area contributed by atoms with Gasteiger partial charge in [-0.3, -0.25) is 24.1 Å². The van der Waals surface area contributed by atoms with Gasteiger partial charge in [-0.2, -0.15) is 0 Å². The molecule has 0 saturated carbocycles. The first-order valence-electron chi connectivity index (χ1n) is 8.52. The molecule has 8 nitrogen and oxygen atoms in total. The molecule has 2 atom stereocenters. The SMILES string of the molecule is CCOC(=O)CN1C(=O)CC[C@H](NC(=O)[C@@H](N)Cc2ccccc2)C1=O.Cl. The van der Waals surface area contributed by atoms with E-state index < -0.39 is 42.3 Å². The van der Waals surface area contributed by atoms with Crippen molar-refractivity contribution in [2.75, 3.05) is 13.2 Å². The van der Waals surface area contributed by atoms with E-state index >= 15 is 0 Å². The zero-order chi connectivity index (χ0) is 19.1. The lowest BCUT2D eigenvalue weighted by Gasteiger charge is -2.30. The van der Waals surface area contributed by atoms with Crippen molar-refractivity contribution in [1.82, 2.24) is 10.2 Å². The highest BCUT2D eigenvalue weighted by Crippen LogP contribution is 2.14. The molecule has 1 fully saturated rings. The lowest BCUT2D eigenvalue weighted by Crippen LogP contribution is -2.58. The van der Waals surface area contributed by atoms with Crippen LogP contribution in [-0.2, 0) is 30.3 Å². The maximum absolute atomic E-state index is 12.4. The van der Waals surface area contributed by atoms with Gasteiger partial charge >= 0.3 is 5.97 Å². The second-order valence-corrected chi connectivity index (χ2v) is 6.02. The summed E-state index contributed by atoms with van der Waals surface area (Å²) < 4.78 is 4.77. The van der Waals surface area contributed by atoms with Gasteiger partial charge in [-0.1, -0.05) is 30.3 Å². The van der Waals surface area contributed by atoms with Crippen molar-refractivity contribution in [3.05, 3.63) is 35.9 Å². The number of carbonyl (C=O) groups is 4. The van der Waals surface area contributed by atoms with Crippen molar-refractivity contribution in [3.63, 3.8) is 0 Å². The normalized spacial score (nSPS) is 17.7. The van der Waals surface area contributed by atoms with Gasteiger partial charge in [0.1, 0.15) is 12.6 Å². The molecule has 1 heterocycles. The first-order valence-corrected chi connectivity index (χ1v) is 8.52. The van der Waals surface area contributed by atoms with E-state index in [-0.39, 0.29) is 31.9 Å². The summed E-state index contributed by atoms with van der Waals surface area (Å²) >= 11 is 0. The average Bonchev–Trinajstić information content (AvgIpc) is 2.62. The van der Waals surface area contributed by atoms with E-state index in [1.165, 1.54) is 0 Å². The second kappa shape index (κ2) is 10.6. The minimum Gasteiger partial charge on any atom is -0.465 e. The highest BCUT2D eigenvalue weighted by atomic mass is 35.5. The average molecular weight is 398 g/mol. The van der Waals surface area contributed by atoms with E-state index in [9.17, 15) is 19.2 Å². The summed E-state index contributed by atoms with van der Waals surface area (Å²) in [7, 11) is 0. The van der Waals surface area contributed by atoms with Gasteiger partial charge in [0.15, 0.2) is 0 Å². The monoisotopic (exact) mass is 397 g/mol. The van der Waals surface area contributed by atoms with Crippen LogP contribution in [0.4, 0.5) is 0 Å². The molecule has 1 aliphatic rings. The molecule has 3 amide bonds. The van der Waals surface area contributed by atoms with Gasteiger partial charge in [0.2, 0.25) is 11.8 Å². The number of rotatable bonds is 7. The van der Waals surface area contributed by atoms with Crippen LogP contribution in [0.15, 0.2) is 30.3 Å². The largest absolute Gasteiger partial charge is 0.465 e. The first kappa shape index (κ1) is 22.6. The Labute approximate surface area is 163 Å². The predicted octanol–water partition coefficient (Wildman–Crippen LogP) is 0.175. The van der Waals surface area contributed by atoms with Crippen LogP contribution in [-0.4, -0.2) is 53.8 Å². The summed E-state index contributed by atoms with van der Waals surface area (Å²) in [5.74, 6) is -2.21. The Hall–Kier alpha value is -2.45. The molecule has 0 radical (unpaired) electrons. The lowest BCUT2D eigenvalue weighted by molar-refractivity contribution is -0.158. The maximum atomic E-state index is 12.4. The van der Waals surface area contributed by atoms with Gasteiger partial charge in [-0.05, 0) is 25.3 Å². The molecule has 2 rings (SSSR count). The molecule has 0 spiro atoms. The van der Waals surface area contributed by atoms with Crippen molar-refractivity contribution in [1.29, 1.82) is 0 Å². The van der Waals surface area contributed by atoms with Crippen molar-refractivity contribution in [2.45, 2.75) is 38.3 Å². The van der Waals surface area contributed by atoms with Crippen LogP contribution >= 0.6 is 12.4 Å². The summed E-state index contributed by atoms with van der Waals surface area (Å²) in [5.41, 5.74) is 6.82. The van der Waals surface area contributed by atoms with Crippen LogP contribution in [0.2, 0.25) is 0 Å². The topological polar surface area (TPSA) is 119 Å². The quantitative estimate of drug-likeness (QED) is 0.500. The van der Waals surface area contributed by atoms with E-state index in [4.69, 9.17) is 10.5 Å². The third-order valence-electron chi connectivity index (χ3n) is 4.06. The molecule has 9 heteroatoms. The number of nitrogens with one attached hydrogen (secondary N) is 1. The van der Waals surface area contributed by atoms with E-state index in [0.717, 1.165) is 10.5 Å². The molecule has 148 valence electrons. The number of nitrogens with zero attached hydrogens (tertiary/aromatic N) is 1. The molecule has 3 N–H and O–H groups in total. The van der Waals surface area contributed by atoms with E-state index in [2.05, 4.69) is 5.32 Å². The number of hydrogen-bond acceptors (Lipinski definition) is 6. The van der Waals surface area contributed by atoms with Gasteiger partial charge < -0.3 is 15.8 Å². The number of nitrogens with two attached hydrogens (primary N) is 1. The fraction of sp³-hybridized carbons (Fsp3) is 0.444. The van der Waals surface area contributed by atoms with Crippen LogP contribution in [0.25, 0.3) is 0 Å². The van der Waals surface area contributed by atoms with Crippen molar-refractivity contribution in [3.8, 4) is 0 Å². The molecule has 1 aromatic carbocycles. The van der Waals surface area contributed by atoms with Crippen molar-refractivity contribution >= 4 is 36.1 Å². The van der Waals surface area contributed by atoms with Crippen LogP contribution < -0.4 is 11.1 Å². The van der Waals surface area contributed by atoms with Gasteiger partial charge in [0.05, 0.1) is 12.6 Å². The zero-order valence-corrected chi connectivity index (χ0v) is 15.9. The summed E-state index contributed by atoms with van der Waals surface area (Å²) in [5, 5.41) is 2.58. The molecule has 1 aliphatic heterocycles. The van der Waals surface area contributed by atoms with E-state index in [0.29, 0.717) is 6.42 Å². The molecule has 27 heavy (non-hydrogen) atoms. The van der Waals surface area contributed by atoms with Gasteiger partial charge in [-0.25, -0.2) is 0 Å². The Kier molecular flexibility index (Phi) is 8.90. The number of likely N-dealkylation sites (tertiary alicyclic amines) is 1. The molecule has 0 bridgehead atoms. The third-order valence-corrected chi connectivity index (χ3v) is 4.06. The summed E-state index contributed by atoms with van der Waals surface area (Å²) in [6.07, 6.45) is 0.573. The van der Waals surface area contributed by atoms with E-state index in [1.54, 1.807) is 6.92 Å². The number of imide groups is 1. The standard InChI is InChI=1S/C18H23N3O5.ClH/c1-2-26-16(23)11-21-15(22)9-8-14(18(21)25)20-17(24)13(19)10-12-6-4-3-5-7-12;/h3-7,13-14H,2,8-11,19H2,1H3,(H,20,24);1H/t13-,14-;/m0./s1. The number of hydrogen-bond donors (Lipinski definition) is 2. The number of benzene rings is 1. The molecule has 0 unspecified atom stereocenters. The van der Waals surface area contributed by atoms with Crippen molar-refractivity contribution < 1.29 is 23.9 Å². The molecular formula is C18H24ClN3O5. The number of halogens is 1. The number of ether oxygens (including phenoxy) is 1. The van der Waals surface area contributed by atoms with Crippen molar-refractivity contribution in [2.24, 2.45) is 5.73 Å². The van der Waals surface area contributed by atoms with Gasteiger partial charge in [0, 0.05) is 6.42 Å². The molecule has 0 aliphatic carbocycles. The lowest BCUT2D eigenvalue weighted by atomic mass is 10.0. The van der Waals surface area contributed by atoms with E-state index in [1.807, 2.05) is 30.3 Å². The molecule has 1 aromatic rings. The fourth-order valence-electron chi connectivity index (χ4n) is 2.71. The molecular weight excluding hydrogens is 374 g/mol. The predicted molar refractivity (Wildman–Crippen MR) is 99.9 cm³/mol. The van der Waals surface area contributed by atoms with Gasteiger partial charge in [0.25, 0.3) is 5.91 Å². The van der Waals surface area contributed by atoms with Crippen LogP contribution in [0.1, 0.15) is 25.3 Å². The molecule has 0 aromatic heterocycles. The summed E-state index contributed by atoms with van der Waals surface area (Å²) in [6.45, 7) is 1.34. The van der Waals surface area contributed by atoms with Crippen LogP contribution in [0.3, 0.4) is 0 Å². The number of carbonyl (C=O) groups excluding carboxylic acids is 4. The maximum Gasteiger partial charge on any atom is 0.326 e. The van der Waals surface area contributed by atoms with Crippen LogP contribution in [0.5, 0.6) is 0 Å². The zero-order valence-electron chi connectivity index (χ0n) is 15.1. The highest BCUT2D eigenvalue weighted by molar-refractivity contribution is 6.04. The Morgan fingerprint density at radius 2 is 1.96 bits per heavy atom. The minimum atomic E-state index is -0.878. The van der Waals surface area contributed by atoms with Gasteiger partial charge in [-0.15, -0.1) is 12.4 Å². The smallest absolute Gasteiger partial charge is 0.326 e. The second-order valence-electron chi connectivity index (χ2n) is 6.02. The minimum absolute atomic E-state index is 0. The number of amides is 3. The Balaban J connectivity index is 0.00000364. The number of esters is 1. The highest BCUT2D eigenvalue weighted by Gasteiger charge is 2.37. The Morgan fingerprint density at radius 1 is 1.30 bits per heavy atom. The Morgan fingerprint density at radius 3 is 2.59 bits per heavy atom. The molecule has 1 saturated heterocycles. The Bertz CT molecular complexity index is 683. The fourth-order valence-corrected chi connectivity index (χ4v) is 2.71.